The number of carbonyl (C=O) groups is 3. The molecule has 0 atom stereocenters. The Balaban J connectivity index is 1.14. The Morgan fingerprint density at radius 3 is 2.29 bits per heavy atom. The fourth-order valence-electron chi connectivity index (χ4n) is 4.45. The molecule has 1 aromatic heterocycles. The molecule has 1 aliphatic heterocycles. The van der Waals surface area contributed by atoms with E-state index in [9.17, 15) is 14.4 Å². The number of nitrogens with one attached hydrogen (secondary N) is 3. The minimum atomic E-state index is -0.386. The summed E-state index contributed by atoms with van der Waals surface area (Å²) in [6.07, 6.45) is 9.28. The Hall–Kier alpha value is -3.69. The SMILES string of the molecule is O=C(NCCC(=O)N1CCN(c2ncccn2)CC1)Nc1ccc(C(=O)NC2CCCCC2)cc1. The summed E-state index contributed by atoms with van der Waals surface area (Å²) < 4.78 is 0. The lowest BCUT2D eigenvalue weighted by Crippen LogP contribution is -2.49. The molecular formula is C25H33N7O3. The first kappa shape index (κ1) is 24.4. The van der Waals surface area contributed by atoms with E-state index in [2.05, 4.69) is 30.8 Å². The first-order valence-electron chi connectivity index (χ1n) is 12.3. The first-order valence-corrected chi connectivity index (χ1v) is 12.3. The number of anilines is 2. The van der Waals surface area contributed by atoms with Crippen LogP contribution in [-0.2, 0) is 4.79 Å². The van der Waals surface area contributed by atoms with Gasteiger partial charge in [0.2, 0.25) is 11.9 Å². The van der Waals surface area contributed by atoms with Crippen molar-refractivity contribution in [3.8, 4) is 0 Å². The van der Waals surface area contributed by atoms with Crippen LogP contribution in [0.25, 0.3) is 0 Å². The molecule has 10 heteroatoms. The molecule has 0 radical (unpaired) electrons. The number of amides is 4. The number of benzene rings is 1. The molecule has 2 aromatic rings. The van der Waals surface area contributed by atoms with Crippen molar-refractivity contribution in [1.29, 1.82) is 0 Å². The van der Waals surface area contributed by atoms with Crippen LogP contribution in [0.5, 0.6) is 0 Å². The van der Waals surface area contributed by atoms with Crippen molar-refractivity contribution < 1.29 is 14.4 Å². The van der Waals surface area contributed by atoms with Gasteiger partial charge < -0.3 is 25.8 Å². The number of hydrogen-bond acceptors (Lipinski definition) is 6. The average molecular weight is 480 g/mol. The molecule has 2 heterocycles. The van der Waals surface area contributed by atoms with Gasteiger partial charge in [0.15, 0.2) is 0 Å². The molecule has 10 nitrogen and oxygen atoms in total. The largest absolute Gasteiger partial charge is 0.349 e. The van der Waals surface area contributed by atoms with E-state index in [4.69, 9.17) is 0 Å². The van der Waals surface area contributed by atoms with Crippen LogP contribution in [0.3, 0.4) is 0 Å². The number of hydrogen-bond donors (Lipinski definition) is 3. The van der Waals surface area contributed by atoms with Crippen LogP contribution >= 0.6 is 0 Å². The van der Waals surface area contributed by atoms with Crippen LogP contribution in [0, 0.1) is 0 Å². The Morgan fingerprint density at radius 2 is 1.60 bits per heavy atom. The third kappa shape index (κ3) is 7.14. The van der Waals surface area contributed by atoms with Crippen LogP contribution < -0.4 is 20.9 Å². The normalized spacial score (nSPS) is 16.5. The Labute approximate surface area is 205 Å². The van der Waals surface area contributed by atoms with E-state index < -0.39 is 0 Å². The van der Waals surface area contributed by atoms with Crippen molar-refractivity contribution in [2.24, 2.45) is 0 Å². The van der Waals surface area contributed by atoms with E-state index in [0.29, 0.717) is 43.4 Å². The van der Waals surface area contributed by atoms with Crippen molar-refractivity contribution in [3.63, 3.8) is 0 Å². The predicted octanol–water partition coefficient (Wildman–Crippen LogP) is 2.40. The summed E-state index contributed by atoms with van der Waals surface area (Å²) in [4.78, 5) is 49.5. The van der Waals surface area contributed by atoms with E-state index in [1.807, 2.05) is 0 Å². The summed E-state index contributed by atoms with van der Waals surface area (Å²) in [5.74, 6) is 0.603. The summed E-state index contributed by atoms with van der Waals surface area (Å²) in [7, 11) is 0. The van der Waals surface area contributed by atoms with Gasteiger partial charge in [0.1, 0.15) is 0 Å². The lowest BCUT2D eigenvalue weighted by molar-refractivity contribution is -0.131. The van der Waals surface area contributed by atoms with Gasteiger partial charge in [-0.2, -0.15) is 0 Å². The molecule has 0 spiro atoms. The Morgan fingerprint density at radius 1 is 0.914 bits per heavy atom. The maximum absolute atomic E-state index is 12.5. The lowest BCUT2D eigenvalue weighted by atomic mass is 9.95. The molecule has 0 bridgehead atoms. The Bertz CT molecular complexity index is 986. The molecule has 186 valence electrons. The highest BCUT2D eigenvalue weighted by molar-refractivity contribution is 5.95. The second kappa shape index (κ2) is 12.1. The molecule has 3 N–H and O–H groups in total. The molecule has 4 rings (SSSR count). The van der Waals surface area contributed by atoms with Gasteiger partial charge >= 0.3 is 6.03 Å². The van der Waals surface area contributed by atoms with Crippen molar-refractivity contribution in [2.45, 2.75) is 44.6 Å². The predicted molar refractivity (Wildman–Crippen MR) is 133 cm³/mol. The highest BCUT2D eigenvalue weighted by atomic mass is 16.2. The molecule has 2 fully saturated rings. The van der Waals surface area contributed by atoms with Crippen LogP contribution in [0.2, 0.25) is 0 Å². The second-order valence-electron chi connectivity index (χ2n) is 8.93. The number of carbonyl (C=O) groups excluding carboxylic acids is 3. The number of nitrogens with zero attached hydrogens (tertiary/aromatic N) is 4. The first-order chi connectivity index (χ1) is 17.1. The van der Waals surface area contributed by atoms with E-state index in [1.54, 1.807) is 47.6 Å². The van der Waals surface area contributed by atoms with Crippen molar-refractivity contribution in [1.82, 2.24) is 25.5 Å². The monoisotopic (exact) mass is 479 g/mol. The summed E-state index contributed by atoms with van der Waals surface area (Å²) in [5.41, 5.74) is 1.16. The van der Waals surface area contributed by atoms with Crippen molar-refractivity contribution in [2.75, 3.05) is 42.9 Å². The van der Waals surface area contributed by atoms with Crippen molar-refractivity contribution in [3.05, 3.63) is 48.3 Å². The standard InChI is InChI=1S/C25H33N7O3/c33-22(31-15-17-32(18-16-31)24-26-12-4-13-27-24)11-14-28-25(35)30-21-9-7-19(8-10-21)23(34)29-20-5-2-1-3-6-20/h4,7-10,12-13,20H,1-3,5-6,11,14-18H2,(H,29,34)(H2,28,30,35). The topological polar surface area (TPSA) is 120 Å². The smallest absolute Gasteiger partial charge is 0.319 e. The quantitative estimate of drug-likeness (QED) is 0.561. The van der Waals surface area contributed by atoms with Gasteiger partial charge in [0.05, 0.1) is 0 Å². The van der Waals surface area contributed by atoms with Gasteiger partial charge in [-0.25, -0.2) is 14.8 Å². The van der Waals surface area contributed by atoms with E-state index in [-0.39, 0.29) is 36.9 Å². The molecule has 1 saturated heterocycles. The van der Waals surface area contributed by atoms with Gasteiger partial charge in [-0.15, -0.1) is 0 Å². The zero-order chi connectivity index (χ0) is 24.5. The zero-order valence-corrected chi connectivity index (χ0v) is 19.9. The van der Waals surface area contributed by atoms with Gasteiger partial charge in [-0.1, -0.05) is 19.3 Å². The van der Waals surface area contributed by atoms with Crippen LogP contribution in [0.15, 0.2) is 42.7 Å². The maximum atomic E-state index is 12.5. The van der Waals surface area contributed by atoms with E-state index >= 15 is 0 Å². The molecule has 35 heavy (non-hydrogen) atoms. The van der Waals surface area contributed by atoms with E-state index in [1.165, 1.54) is 6.42 Å². The molecule has 0 unspecified atom stereocenters. The molecule has 2 aliphatic rings. The number of piperazine rings is 1. The zero-order valence-electron chi connectivity index (χ0n) is 19.9. The minimum Gasteiger partial charge on any atom is -0.349 e. The summed E-state index contributed by atoms with van der Waals surface area (Å²) in [6.45, 7) is 2.80. The fraction of sp³-hybridized carbons (Fsp3) is 0.480. The van der Waals surface area contributed by atoms with Gasteiger partial charge in [-0.3, -0.25) is 9.59 Å². The van der Waals surface area contributed by atoms with Crippen LogP contribution in [0.4, 0.5) is 16.4 Å². The summed E-state index contributed by atoms with van der Waals surface area (Å²) >= 11 is 0. The maximum Gasteiger partial charge on any atom is 0.319 e. The molecular weight excluding hydrogens is 446 g/mol. The van der Waals surface area contributed by atoms with Gasteiger partial charge in [-0.05, 0) is 43.2 Å². The van der Waals surface area contributed by atoms with Gasteiger partial charge in [0.25, 0.3) is 5.91 Å². The van der Waals surface area contributed by atoms with Crippen LogP contribution in [0.1, 0.15) is 48.9 Å². The lowest BCUT2D eigenvalue weighted by Gasteiger charge is -2.34. The van der Waals surface area contributed by atoms with Crippen molar-refractivity contribution >= 4 is 29.5 Å². The van der Waals surface area contributed by atoms with E-state index in [0.717, 1.165) is 25.7 Å². The third-order valence-corrected chi connectivity index (χ3v) is 6.44. The second-order valence-corrected chi connectivity index (χ2v) is 8.93. The highest BCUT2D eigenvalue weighted by Gasteiger charge is 2.22. The fourth-order valence-corrected chi connectivity index (χ4v) is 4.45. The molecule has 4 amide bonds. The summed E-state index contributed by atoms with van der Waals surface area (Å²) in [5, 5.41) is 8.55. The number of aromatic nitrogens is 2. The van der Waals surface area contributed by atoms with Crippen LogP contribution in [-0.4, -0.2) is 71.5 Å². The number of rotatable bonds is 7. The molecule has 1 aliphatic carbocycles. The van der Waals surface area contributed by atoms with Gasteiger partial charge in [0, 0.05) is 68.8 Å². The third-order valence-electron chi connectivity index (χ3n) is 6.44. The Kier molecular flexibility index (Phi) is 8.48. The summed E-state index contributed by atoms with van der Waals surface area (Å²) in [6, 6.07) is 8.47. The minimum absolute atomic E-state index is 0.00672. The highest BCUT2D eigenvalue weighted by Crippen LogP contribution is 2.18. The number of urea groups is 1. The average Bonchev–Trinajstić information content (AvgIpc) is 2.90. The molecule has 1 aromatic carbocycles. The molecule has 1 saturated carbocycles.